The van der Waals surface area contributed by atoms with Crippen LogP contribution in [0.1, 0.15) is 50.7 Å². The number of ketones is 2. The van der Waals surface area contributed by atoms with Crippen LogP contribution < -0.4 is 5.32 Å². The summed E-state index contributed by atoms with van der Waals surface area (Å²) >= 11 is 12.6. The first kappa shape index (κ1) is 21.0. The quantitative estimate of drug-likeness (QED) is 0.699. The molecule has 3 rings (SSSR count). The summed E-state index contributed by atoms with van der Waals surface area (Å²) in [4.78, 5) is 37.9. The molecule has 0 bridgehead atoms. The molecule has 148 valence electrons. The number of hydrogen-bond acceptors (Lipinski definition) is 5. The van der Waals surface area contributed by atoms with Crippen molar-refractivity contribution in [2.24, 2.45) is 5.92 Å². The zero-order valence-electron chi connectivity index (χ0n) is 15.8. The number of Topliss-reactive ketones (excluding diaryl/α,β-unsaturated/α-hetero) is 2. The van der Waals surface area contributed by atoms with Crippen LogP contribution in [0.2, 0.25) is 10.2 Å². The largest absolute Gasteiger partial charge is 0.351 e. The van der Waals surface area contributed by atoms with Gasteiger partial charge in [-0.05, 0) is 55.4 Å². The summed E-state index contributed by atoms with van der Waals surface area (Å²) in [5.41, 5.74) is 3.88. The van der Waals surface area contributed by atoms with Crippen molar-refractivity contribution in [2.75, 3.05) is 6.54 Å². The Kier molecular flexibility index (Phi) is 6.22. The highest BCUT2D eigenvalue weighted by Crippen LogP contribution is 2.37. The van der Waals surface area contributed by atoms with Gasteiger partial charge in [-0.15, -0.1) is 0 Å². The Morgan fingerprint density at radius 3 is 2.43 bits per heavy atom. The Hall–Kier alpha value is -1.76. The molecule has 1 aromatic carbocycles. The smallest absolute Gasteiger partial charge is 0.264 e. The Balaban J connectivity index is 1.66. The van der Waals surface area contributed by atoms with E-state index in [0.717, 1.165) is 33.8 Å². The van der Waals surface area contributed by atoms with Crippen LogP contribution in [0.15, 0.2) is 12.1 Å². The minimum absolute atomic E-state index is 0.0475. The van der Waals surface area contributed by atoms with Gasteiger partial charge in [0.2, 0.25) is 0 Å². The van der Waals surface area contributed by atoms with Crippen molar-refractivity contribution in [3.63, 3.8) is 0 Å². The lowest BCUT2D eigenvalue weighted by molar-refractivity contribution is -0.124. The third-order valence-corrected chi connectivity index (χ3v) is 6.86. The van der Waals surface area contributed by atoms with Crippen LogP contribution in [-0.4, -0.2) is 28.4 Å². The third kappa shape index (κ3) is 4.00. The number of carbonyl (C=O) groups excluding carboxylic acids is 3. The number of aryl methyl sites for hydroxylation is 3. The van der Waals surface area contributed by atoms with Crippen LogP contribution in [0.5, 0.6) is 0 Å². The number of halogens is 2. The van der Waals surface area contributed by atoms with Gasteiger partial charge in [-0.1, -0.05) is 40.9 Å². The number of nitrogens with zero attached hydrogens (tertiary/aromatic N) is 1. The fourth-order valence-electron chi connectivity index (χ4n) is 3.89. The predicted molar refractivity (Wildman–Crippen MR) is 111 cm³/mol. The fraction of sp³-hybridized carbons (Fsp3) is 0.400. The standard InChI is InChI=1S/C20H20Cl2N2O3S/c1-9-6-10(2)14(11(3)7-9)15-13(25)8-12(17(15)26)4-5-23-20(27)18-16(21)19(22)24-28-18/h6-7,12,15H,4-5,8H2,1-3H3,(H,23,27). The highest BCUT2D eigenvalue weighted by atomic mass is 35.5. The number of amides is 1. The zero-order valence-corrected chi connectivity index (χ0v) is 18.1. The SMILES string of the molecule is Cc1cc(C)c(C2C(=O)CC(CCNC(=O)c3snc(Cl)c3Cl)C2=O)c(C)c1. The molecule has 1 fully saturated rings. The first-order chi connectivity index (χ1) is 13.2. The van der Waals surface area contributed by atoms with E-state index < -0.39 is 11.8 Å². The van der Waals surface area contributed by atoms with Crippen molar-refractivity contribution in [3.8, 4) is 0 Å². The van der Waals surface area contributed by atoms with E-state index >= 15 is 0 Å². The second-order valence-corrected chi connectivity index (χ2v) is 8.69. The van der Waals surface area contributed by atoms with Gasteiger partial charge in [0.05, 0.1) is 0 Å². The van der Waals surface area contributed by atoms with Crippen LogP contribution in [0.3, 0.4) is 0 Å². The van der Waals surface area contributed by atoms with Gasteiger partial charge in [0.25, 0.3) is 5.91 Å². The molecule has 2 unspecified atom stereocenters. The van der Waals surface area contributed by atoms with Crippen LogP contribution in [0, 0.1) is 26.7 Å². The molecule has 2 aromatic rings. The molecule has 1 saturated carbocycles. The maximum atomic E-state index is 12.9. The van der Waals surface area contributed by atoms with Gasteiger partial charge in [0.1, 0.15) is 21.6 Å². The molecular formula is C20H20Cl2N2O3S. The lowest BCUT2D eigenvalue weighted by Gasteiger charge is -2.16. The average Bonchev–Trinajstić information content (AvgIpc) is 3.08. The lowest BCUT2D eigenvalue weighted by atomic mass is 9.86. The van der Waals surface area contributed by atoms with E-state index in [4.69, 9.17) is 23.2 Å². The Labute approximate surface area is 177 Å². The number of carbonyl (C=O) groups is 3. The first-order valence-corrected chi connectivity index (χ1v) is 10.5. The van der Waals surface area contributed by atoms with Crippen molar-refractivity contribution in [1.82, 2.24) is 9.69 Å². The normalized spacial score (nSPS) is 19.3. The van der Waals surface area contributed by atoms with E-state index in [1.165, 1.54) is 0 Å². The monoisotopic (exact) mass is 438 g/mol. The van der Waals surface area contributed by atoms with Gasteiger partial charge in [-0.3, -0.25) is 14.4 Å². The molecule has 5 nitrogen and oxygen atoms in total. The van der Waals surface area contributed by atoms with Crippen LogP contribution in [0.4, 0.5) is 0 Å². The van der Waals surface area contributed by atoms with Gasteiger partial charge in [-0.2, -0.15) is 4.37 Å². The molecule has 28 heavy (non-hydrogen) atoms. The number of rotatable bonds is 5. The van der Waals surface area contributed by atoms with Gasteiger partial charge in [0, 0.05) is 18.9 Å². The van der Waals surface area contributed by atoms with Crippen molar-refractivity contribution < 1.29 is 14.4 Å². The average molecular weight is 439 g/mol. The van der Waals surface area contributed by atoms with E-state index in [-0.39, 0.29) is 45.5 Å². The molecular weight excluding hydrogens is 419 g/mol. The van der Waals surface area contributed by atoms with Gasteiger partial charge in [-0.25, -0.2) is 0 Å². The summed E-state index contributed by atoms with van der Waals surface area (Å²) in [6.45, 7) is 6.14. The molecule has 2 atom stereocenters. The highest BCUT2D eigenvalue weighted by molar-refractivity contribution is 7.09. The molecule has 0 aliphatic heterocycles. The summed E-state index contributed by atoms with van der Waals surface area (Å²) in [5, 5.41) is 2.95. The van der Waals surface area contributed by atoms with Gasteiger partial charge < -0.3 is 5.32 Å². The zero-order chi connectivity index (χ0) is 20.6. The lowest BCUT2D eigenvalue weighted by Crippen LogP contribution is -2.27. The molecule has 1 aliphatic carbocycles. The van der Waals surface area contributed by atoms with Crippen LogP contribution >= 0.6 is 34.7 Å². The number of benzene rings is 1. The predicted octanol–water partition coefficient (Wildman–Crippen LogP) is 4.44. The molecule has 1 aliphatic rings. The summed E-state index contributed by atoms with van der Waals surface area (Å²) in [6.07, 6.45) is 0.611. The maximum absolute atomic E-state index is 12.9. The molecule has 0 spiro atoms. The first-order valence-electron chi connectivity index (χ1n) is 8.93. The van der Waals surface area contributed by atoms with Crippen molar-refractivity contribution in [2.45, 2.75) is 39.5 Å². The van der Waals surface area contributed by atoms with Crippen molar-refractivity contribution >= 4 is 52.2 Å². The molecule has 1 N–H and O–H groups in total. The van der Waals surface area contributed by atoms with E-state index in [2.05, 4.69) is 9.69 Å². The minimum Gasteiger partial charge on any atom is -0.351 e. The van der Waals surface area contributed by atoms with Crippen LogP contribution in [0.25, 0.3) is 0 Å². The second kappa shape index (κ2) is 8.31. The van der Waals surface area contributed by atoms with E-state index in [9.17, 15) is 14.4 Å². The summed E-state index contributed by atoms with van der Waals surface area (Å²) in [6, 6.07) is 4.00. The number of hydrogen-bond donors (Lipinski definition) is 1. The summed E-state index contributed by atoms with van der Waals surface area (Å²) in [7, 11) is 0. The summed E-state index contributed by atoms with van der Waals surface area (Å²) in [5.74, 6) is -1.58. The van der Waals surface area contributed by atoms with Crippen LogP contribution in [-0.2, 0) is 9.59 Å². The van der Waals surface area contributed by atoms with E-state index in [0.29, 0.717) is 6.42 Å². The van der Waals surface area contributed by atoms with Gasteiger partial charge in [0.15, 0.2) is 10.9 Å². The molecule has 1 heterocycles. The Morgan fingerprint density at radius 2 is 1.86 bits per heavy atom. The molecule has 1 amide bonds. The van der Waals surface area contributed by atoms with Gasteiger partial charge >= 0.3 is 0 Å². The topological polar surface area (TPSA) is 76.1 Å². The fourth-order valence-corrected chi connectivity index (χ4v) is 5.02. The summed E-state index contributed by atoms with van der Waals surface area (Å²) < 4.78 is 3.83. The van der Waals surface area contributed by atoms with Crippen molar-refractivity contribution in [3.05, 3.63) is 49.4 Å². The molecule has 0 saturated heterocycles. The highest BCUT2D eigenvalue weighted by Gasteiger charge is 2.42. The third-order valence-electron chi connectivity index (χ3n) is 5.07. The van der Waals surface area contributed by atoms with E-state index in [1.807, 2.05) is 32.9 Å². The Morgan fingerprint density at radius 1 is 1.21 bits per heavy atom. The second-order valence-electron chi connectivity index (χ2n) is 7.18. The molecule has 0 radical (unpaired) electrons. The molecule has 8 heteroatoms. The van der Waals surface area contributed by atoms with E-state index in [1.54, 1.807) is 0 Å². The van der Waals surface area contributed by atoms with Crippen molar-refractivity contribution in [1.29, 1.82) is 0 Å². The maximum Gasteiger partial charge on any atom is 0.264 e. The number of aromatic nitrogens is 1. The number of nitrogens with one attached hydrogen (secondary N) is 1. The molecule has 1 aromatic heterocycles. The Bertz CT molecular complexity index is 947. The minimum atomic E-state index is -0.698.